The van der Waals surface area contributed by atoms with Crippen molar-refractivity contribution in [2.24, 2.45) is 0 Å². The molecule has 0 aromatic carbocycles. The normalized spacial score (nSPS) is 24.9. The highest BCUT2D eigenvalue weighted by molar-refractivity contribution is 9.12. The van der Waals surface area contributed by atoms with Crippen LogP contribution in [0.25, 0.3) is 0 Å². The summed E-state index contributed by atoms with van der Waals surface area (Å²) in [5.41, 5.74) is -0.739. The summed E-state index contributed by atoms with van der Waals surface area (Å²) in [6.45, 7) is 3.09. The fraction of sp³-hybridized carbons (Fsp3) is 1.00. The molecule has 3 nitrogen and oxygen atoms in total. The topological polar surface area (TPSA) is 38.7 Å². The summed E-state index contributed by atoms with van der Waals surface area (Å²) in [6, 6.07) is 0. The molecule has 1 rings (SSSR count). The van der Waals surface area contributed by atoms with Gasteiger partial charge in [-0.1, -0.05) is 31.9 Å². The van der Waals surface area contributed by atoms with Crippen molar-refractivity contribution in [3.63, 3.8) is 0 Å². The van der Waals surface area contributed by atoms with Gasteiger partial charge in [-0.05, 0) is 13.3 Å². The van der Waals surface area contributed by atoms with Crippen LogP contribution in [-0.4, -0.2) is 40.4 Å². The van der Waals surface area contributed by atoms with E-state index in [4.69, 9.17) is 9.47 Å². The first-order valence-electron chi connectivity index (χ1n) is 4.69. The van der Waals surface area contributed by atoms with Gasteiger partial charge in [0.25, 0.3) is 0 Å². The highest BCUT2D eigenvalue weighted by atomic mass is 79.9. The van der Waals surface area contributed by atoms with E-state index in [1.54, 1.807) is 0 Å². The lowest BCUT2D eigenvalue weighted by atomic mass is 9.96. The van der Waals surface area contributed by atoms with Crippen LogP contribution in [0.2, 0.25) is 0 Å². The molecule has 0 bridgehead atoms. The number of hydrogen-bond donors (Lipinski definition) is 1. The zero-order valence-electron chi connectivity index (χ0n) is 8.21. The molecule has 1 heterocycles. The van der Waals surface area contributed by atoms with Crippen LogP contribution < -0.4 is 0 Å². The van der Waals surface area contributed by atoms with E-state index in [9.17, 15) is 5.11 Å². The second-order valence-electron chi connectivity index (χ2n) is 3.83. The summed E-state index contributed by atoms with van der Waals surface area (Å²) >= 11 is 6.83. The molecule has 0 spiro atoms. The van der Waals surface area contributed by atoms with Gasteiger partial charge in [-0.15, -0.1) is 0 Å². The highest BCUT2D eigenvalue weighted by Gasteiger charge is 2.30. The number of ether oxygens (including phenoxy) is 2. The third-order valence-corrected chi connectivity index (χ3v) is 4.42. The van der Waals surface area contributed by atoms with Crippen LogP contribution in [-0.2, 0) is 9.47 Å². The zero-order valence-corrected chi connectivity index (χ0v) is 11.4. The second-order valence-corrected chi connectivity index (χ2v) is 5.77. The van der Waals surface area contributed by atoms with Gasteiger partial charge in [0.1, 0.15) is 0 Å². The van der Waals surface area contributed by atoms with Crippen LogP contribution >= 0.6 is 31.9 Å². The fourth-order valence-corrected chi connectivity index (χ4v) is 2.43. The van der Waals surface area contributed by atoms with Crippen molar-refractivity contribution in [2.45, 2.75) is 36.5 Å². The lowest BCUT2D eigenvalue weighted by Gasteiger charge is -2.27. The molecule has 5 heteroatoms. The SMILES string of the molecule is CC(O)(CC(Br)CBr)CC1OCCO1. The smallest absolute Gasteiger partial charge is 0.160 e. The van der Waals surface area contributed by atoms with E-state index < -0.39 is 5.60 Å². The van der Waals surface area contributed by atoms with Gasteiger partial charge in [-0.25, -0.2) is 0 Å². The van der Waals surface area contributed by atoms with Crippen molar-refractivity contribution >= 4 is 31.9 Å². The molecule has 14 heavy (non-hydrogen) atoms. The Bertz CT molecular complexity index is 169. The molecule has 0 saturated carbocycles. The lowest BCUT2D eigenvalue weighted by Crippen LogP contribution is -2.33. The molecule has 1 N–H and O–H groups in total. The minimum Gasteiger partial charge on any atom is -0.390 e. The summed E-state index contributed by atoms with van der Waals surface area (Å²) in [5.74, 6) is 0. The van der Waals surface area contributed by atoms with Gasteiger partial charge in [0.05, 0.1) is 18.8 Å². The van der Waals surface area contributed by atoms with Gasteiger partial charge in [-0.3, -0.25) is 0 Å². The van der Waals surface area contributed by atoms with Crippen LogP contribution in [0.15, 0.2) is 0 Å². The van der Waals surface area contributed by atoms with Gasteiger partial charge in [-0.2, -0.15) is 0 Å². The summed E-state index contributed by atoms with van der Waals surface area (Å²) in [6.07, 6.45) is 0.976. The standard InChI is InChI=1S/C9H16Br2O3/c1-9(12,4-7(11)6-10)5-8-13-2-3-14-8/h7-8,12H,2-6H2,1H3. The lowest BCUT2D eigenvalue weighted by molar-refractivity contribution is -0.0980. The van der Waals surface area contributed by atoms with E-state index in [-0.39, 0.29) is 11.1 Å². The van der Waals surface area contributed by atoms with Gasteiger partial charge < -0.3 is 14.6 Å². The highest BCUT2D eigenvalue weighted by Crippen LogP contribution is 2.26. The van der Waals surface area contributed by atoms with Crippen LogP contribution in [0.4, 0.5) is 0 Å². The fourth-order valence-electron chi connectivity index (χ4n) is 1.50. The van der Waals surface area contributed by atoms with E-state index in [1.165, 1.54) is 0 Å². The molecule has 2 unspecified atom stereocenters. The first-order valence-corrected chi connectivity index (χ1v) is 6.73. The Labute approximate surface area is 101 Å². The molecule has 0 aromatic heterocycles. The van der Waals surface area contributed by atoms with Gasteiger partial charge >= 0.3 is 0 Å². The average Bonchev–Trinajstić information content (AvgIpc) is 2.54. The molecule has 1 fully saturated rings. The molecule has 0 amide bonds. The van der Waals surface area contributed by atoms with E-state index in [0.717, 1.165) is 5.33 Å². The molecule has 1 saturated heterocycles. The molecule has 84 valence electrons. The van der Waals surface area contributed by atoms with Gasteiger partial charge in [0, 0.05) is 16.6 Å². The maximum absolute atomic E-state index is 10.1. The van der Waals surface area contributed by atoms with Crippen LogP contribution in [0.1, 0.15) is 19.8 Å². The maximum atomic E-state index is 10.1. The number of rotatable bonds is 5. The summed E-state index contributed by atoms with van der Waals surface area (Å²) in [7, 11) is 0. The van der Waals surface area contributed by atoms with Crippen molar-refractivity contribution in [3.8, 4) is 0 Å². The number of alkyl halides is 2. The summed E-state index contributed by atoms with van der Waals surface area (Å²) < 4.78 is 10.6. The molecule has 1 aliphatic heterocycles. The number of aliphatic hydroxyl groups is 1. The van der Waals surface area contributed by atoms with Crippen molar-refractivity contribution in [1.82, 2.24) is 0 Å². The Hall–Kier alpha value is 0.840. The summed E-state index contributed by atoms with van der Waals surface area (Å²) in [4.78, 5) is 0.277. The molecule has 0 aromatic rings. The average molecular weight is 332 g/mol. The number of halogens is 2. The predicted octanol–water partition coefficient (Wildman–Crippen LogP) is 2.05. The maximum Gasteiger partial charge on any atom is 0.160 e. The quantitative estimate of drug-likeness (QED) is 0.784. The Balaban J connectivity index is 2.31. The molecular formula is C9H16Br2O3. The van der Waals surface area contributed by atoms with Crippen molar-refractivity contribution in [1.29, 1.82) is 0 Å². The molecule has 0 radical (unpaired) electrons. The Morgan fingerprint density at radius 1 is 1.50 bits per heavy atom. The second kappa shape index (κ2) is 5.80. The minimum absolute atomic E-state index is 0.236. The monoisotopic (exact) mass is 330 g/mol. The third kappa shape index (κ3) is 4.57. The van der Waals surface area contributed by atoms with E-state index in [1.807, 2.05) is 6.92 Å². The Morgan fingerprint density at radius 3 is 2.57 bits per heavy atom. The molecule has 1 aliphatic rings. The minimum atomic E-state index is -0.739. The van der Waals surface area contributed by atoms with Crippen LogP contribution in [0, 0.1) is 0 Å². The van der Waals surface area contributed by atoms with E-state index in [0.29, 0.717) is 26.1 Å². The van der Waals surface area contributed by atoms with Crippen LogP contribution in [0.5, 0.6) is 0 Å². The largest absolute Gasteiger partial charge is 0.390 e. The molecule has 0 aliphatic carbocycles. The first kappa shape index (κ1) is 12.9. The van der Waals surface area contributed by atoms with E-state index >= 15 is 0 Å². The zero-order chi connectivity index (χ0) is 10.6. The number of hydrogen-bond acceptors (Lipinski definition) is 3. The first-order chi connectivity index (χ1) is 6.53. The third-order valence-electron chi connectivity index (χ3n) is 2.13. The van der Waals surface area contributed by atoms with Crippen molar-refractivity contribution in [2.75, 3.05) is 18.5 Å². The van der Waals surface area contributed by atoms with Crippen molar-refractivity contribution in [3.05, 3.63) is 0 Å². The Morgan fingerprint density at radius 2 is 2.07 bits per heavy atom. The Kier molecular flexibility index (Phi) is 5.34. The molecule has 2 atom stereocenters. The van der Waals surface area contributed by atoms with Crippen molar-refractivity contribution < 1.29 is 14.6 Å². The van der Waals surface area contributed by atoms with Gasteiger partial charge in [0.15, 0.2) is 6.29 Å². The molecular weight excluding hydrogens is 316 g/mol. The predicted molar refractivity (Wildman–Crippen MR) is 62.1 cm³/mol. The van der Waals surface area contributed by atoms with E-state index in [2.05, 4.69) is 31.9 Å². The summed E-state index contributed by atoms with van der Waals surface area (Å²) in [5, 5.41) is 10.9. The van der Waals surface area contributed by atoms with Gasteiger partial charge in [0.2, 0.25) is 0 Å². The van der Waals surface area contributed by atoms with Crippen LogP contribution in [0.3, 0.4) is 0 Å².